The molecule has 1 amide bonds. The fraction of sp³-hybridized carbons (Fsp3) is 0.320. The van der Waals surface area contributed by atoms with Gasteiger partial charge in [-0.25, -0.2) is 4.79 Å². The summed E-state index contributed by atoms with van der Waals surface area (Å²) < 4.78 is 12.3. The molecule has 2 aromatic heterocycles. The minimum atomic E-state index is -0.528. The highest BCUT2D eigenvalue weighted by Crippen LogP contribution is 2.25. The summed E-state index contributed by atoms with van der Waals surface area (Å²) >= 11 is 0. The molecule has 0 spiro atoms. The predicted molar refractivity (Wildman–Crippen MR) is 120 cm³/mol. The van der Waals surface area contributed by atoms with Crippen molar-refractivity contribution < 1.29 is 18.7 Å². The zero-order chi connectivity index (χ0) is 22.5. The lowest BCUT2D eigenvalue weighted by atomic mass is 9.95. The van der Waals surface area contributed by atoms with E-state index in [4.69, 9.17) is 9.15 Å². The van der Waals surface area contributed by atoms with Crippen LogP contribution >= 0.6 is 0 Å². The number of rotatable bonds is 6. The van der Waals surface area contributed by atoms with Gasteiger partial charge >= 0.3 is 5.97 Å². The number of ether oxygens (including phenoxy) is 1. The summed E-state index contributed by atoms with van der Waals surface area (Å²) in [6.45, 7) is 0.390. The van der Waals surface area contributed by atoms with Crippen molar-refractivity contribution in [3.05, 3.63) is 65.3 Å². The van der Waals surface area contributed by atoms with Crippen LogP contribution in [0.2, 0.25) is 0 Å². The molecule has 1 fully saturated rings. The van der Waals surface area contributed by atoms with E-state index >= 15 is 0 Å². The van der Waals surface area contributed by atoms with Crippen molar-refractivity contribution in [2.45, 2.75) is 44.7 Å². The molecule has 1 N–H and O–H groups in total. The van der Waals surface area contributed by atoms with Crippen LogP contribution in [0.3, 0.4) is 0 Å². The van der Waals surface area contributed by atoms with Gasteiger partial charge in [0.1, 0.15) is 17.4 Å². The van der Waals surface area contributed by atoms with Crippen molar-refractivity contribution in [2.24, 2.45) is 0 Å². The normalized spacial score (nSPS) is 14.8. The number of furan rings is 1. The zero-order valence-electron chi connectivity index (χ0n) is 18.0. The van der Waals surface area contributed by atoms with E-state index in [1.807, 2.05) is 35.0 Å². The molecule has 0 unspecified atom stereocenters. The molecule has 2 heterocycles. The van der Waals surface area contributed by atoms with Gasteiger partial charge in [0, 0.05) is 28.7 Å². The first-order valence-electron chi connectivity index (χ1n) is 10.8. The van der Waals surface area contributed by atoms with Gasteiger partial charge in [0.2, 0.25) is 5.76 Å². The van der Waals surface area contributed by atoms with Crippen LogP contribution in [0.5, 0.6) is 0 Å². The van der Waals surface area contributed by atoms with E-state index in [0.29, 0.717) is 12.3 Å². The summed E-state index contributed by atoms with van der Waals surface area (Å²) in [5.41, 5.74) is 1.79. The largest absolute Gasteiger partial charge is 0.463 e. The Morgan fingerprint density at radius 3 is 2.75 bits per heavy atom. The summed E-state index contributed by atoms with van der Waals surface area (Å²) in [6.07, 6.45) is 8.85. The van der Waals surface area contributed by atoms with Gasteiger partial charge in [-0.3, -0.25) is 4.79 Å². The average Bonchev–Trinajstić information content (AvgIpc) is 3.43. The van der Waals surface area contributed by atoms with E-state index in [2.05, 4.69) is 11.4 Å². The first-order valence-corrected chi connectivity index (χ1v) is 10.8. The smallest absolute Gasteiger partial charge is 0.373 e. The molecule has 3 aromatic rings. The molecule has 0 atom stereocenters. The Balaban J connectivity index is 1.61. The number of nitrogens with one attached hydrogen (secondary N) is 1. The molecule has 32 heavy (non-hydrogen) atoms. The second kappa shape index (κ2) is 9.56. The molecule has 1 saturated carbocycles. The first-order chi connectivity index (χ1) is 15.6. The zero-order valence-corrected chi connectivity index (χ0v) is 18.0. The van der Waals surface area contributed by atoms with Crippen molar-refractivity contribution in [2.75, 3.05) is 7.11 Å². The van der Waals surface area contributed by atoms with E-state index < -0.39 is 5.97 Å². The Hall–Kier alpha value is -3.79. The Morgan fingerprint density at radius 1 is 1.22 bits per heavy atom. The maximum Gasteiger partial charge on any atom is 0.373 e. The lowest BCUT2D eigenvalue weighted by Gasteiger charge is -2.22. The van der Waals surface area contributed by atoms with Crippen LogP contribution in [0.1, 0.15) is 54.0 Å². The maximum absolute atomic E-state index is 12.7. The van der Waals surface area contributed by atoms with E-state index in [1.165, 1.54) is 13.5 Å². The molecule has 1 aliphatic carbocycles. The highest BCUT2D eigenvalue weighted by atomic mass is 16.5. The molecule has 7 heteroatoms. The molecular weight excluding hydrogens is 406 g/mol. The summed E-state index contributed by atoms with van der Waals surface area (Å²) in [6, 6.07) is 13.3. The highest BCUT2D eigenvalue weighted by Gasteiger charge is 2.19. The molecule has 0 radical (unpaired) electrons. The Bertz CT molecular complexity index is 1210. The Labute approximate surface area is 186 Å². The van der Waals surface area contributed by atoms with E-state index in [9.17, 15) is 14.9 Å². The molecule has 164 valence electrons. The fourth-order valence-electron chi connectivity index (χ4n) is 4.18. The molecular formula is C25H25N3O4. The molecule has 1 aromatic carbocycles. The van der Waals surface area contributed by atoms with Crippen LogP contribution in [0, 0.1) is 11.3 Å². The molecule has 0 aliphatic heterocycles. The van der Waals surface area contributed by atoms with Crippen LogP contribution in [0.25, 0.3) is 17.0 Å². The minimum Gasteiger partial charge on any atom is -0.463 e. The standard InChI is InChI=1S/C25H25N3O4/c1-31-25(30)23-12-11-20(32-23)16-28-15-18(21-9-5-6-10-22(21)28)13-17(14-26)24(29)27-19-7-3-2-4-8-19/h5-6,9-13,15,19H,2-4,7-8,16H2,1H3,(H,27,29)/b17-13-. The van der Waals surface area contributed by atoms with Gasteiger partial charge in [0.05, 0.1) is 13.7 Å². The number of nitrogens with zero attached hydrogens (tertiary/aromatic N) is 2. The number of carbonyl (C=O) groups excluding carboxylic acids is 2. The quantitative estimate of drug-likeness (QED) is 0.354. The third kappa shape index (κ3) is 4.59. The maximum atomic E-state index is 12.7. The number of benzene rings is 1. The lowest BCUT2D eigenvalue weighted by Crippen LogP contribution is -2.36. The molecule has 7 nitrogen and oxygen atoms in total. The van der Waals surface area contributed by atoms with Gasteiger partial charge in [0.25, 0.3) is 5.91 Å². The monoisotopic (exact) mass is 431 g/mol. The van der Waals surface area contributed by atoms with Gasteiger partial charge in [-0.1, -0.05) is 37.5 Å². The number of carbonyl (C=O) groups is 2. The van der Waals surface area contributed by atoms with Crippen molar-refractivity contribution in [1.29, 1.82) is 5.26 Å². The van der Waals surface area contributed by atoms with Gasteiger partial charge in [-0.05, 0) is 37.1 Å². The first kappa shape index (κ1) is 21.4. The van der Waals surface area contributed by atoms with E-state index in [-0.39, 0.29) is 23.3 Å². The Morgan fingerprint density at radius 2 is 2.00 bits per heavy atom. The number of hydrogen-bond acceptors (Lipinski definition) is 5. The number of hydrogen-bond donors (Lipinski definition) is 1. The van der Waals surface area contributed by atoms with Gasteiger partial charge in [-0.15, -0.1) is 0 Å². The van der Waals surface area contributed by atoms with Gasteiger partial charge < -0.3 is 19.0 Å². The van der Waals surface area contributed by atoms with Crippen molar-refractivity contribution in [3.8, 4) is 6.07 Å². The molecule has 0 bridgehead atoms. The average molecular weight is 431 g/mol. The predicted octanol–water partition coefficient (Wildman–Crippen LogP) is 4.43. The Kier molecular flexibility index (Phi) is 6.41. The summed E-state index contributed by atoms with van der Waals surface area (Å²) in [5.74, 6) is -0.118. The van der Waals surface area contributed by atoms with Gasteiger partial charge in [-0.2, -0.15) is 5.26 Å². The second-order valence-electron chi connectivity index (χ2n) is 7.97. The van der Waals surface area contributed by atoms with Crippen molar-refractivity contribution in [1.82, 2.24) is 9.88 Å². The minimum absolute atomic E-state index is 0.0875. The summed E-state index contributed by atoms with van der Waals surface area (Å²) in [5, 5.41) is 13.6. The van der Waals surface area contributed by atoms with Crippen LogP contribution < -0.4 is 5.32 Å². The van der Waals surface area contributed by atoms with Crippen LogP contribution in [-0.4, -0.2) is 29.6 Å². The van der Waals surface area contributed by atoms with Gasteiger partial charge in [0.15, 0.2) is 0 Å². The number of aromatic nitrogens is 1. The van der Waals surface area contributed by atoms with E-state index in [1.54, 1.807) is 18.2 Å². The molecule has 4 rings (SSSR count). The number of para-hydroxylation sites is 1. The number of methoxy groups -OCH3 is 1. The third-order valence-corrected chi connectivity index (χ3v) is 5.80. The SMILES string of the molecule is COC(=O)c1ccc(Cn2cc(/C=C(/C#N)C(=O)NC3CCCCC3)c3ccccc32)o1. The van der Waals surface area contributed by atoms with Crippen LogP contribution in [0.15, 0.2) is 52.6 Å². The number of amides is 1. The van der Waals surface area contributed by atoms with Crippen molar-refractivity contribution in [3.63, 3.8) is 0 Å². The second-order valence-corrected chi connectivity index (χ2v) is 7.97. The topological polar surface area (TPSA) is 97.3 Å². The number of esters is 1. The summed E-state index contributed by atoms with van der Waals surface area (Å²) in [7, 11) is 1.31. The summed E-state index contributed by atoms with van der Waals surface area (Å²) in [4.78, 5) is 24.4. The highest BCUT2D eigenvalue weighted by molar-refractivity contribution is 6.04. The van der Waals surface area contributed by atoms with E-state index in [0.717, 1.165) is 42.1 Å². The molecule has 1 aliphatic rings. The van der Waals surface area contributed by atoms with Crippen LogP contribution in [0.4, 0.5) is 0 Å². The van der Waals surface area contributed by atoms with Crippen LogP contribution in [-0.2, 0) is 16.1 Å². The third-order valence-electron chi connectivity index (χ3n) is 5.80. The number of nitriles is 1. The number of fused-ring (bicyclic) bond motifs is 1. The molecule has 0 saturated heterocycles. The fourth-order valence-corrected chi connectivity index (χ4v) is 4.18. The van der Waals surface area contributed by atoms with Crippen molar-refractivity contribution >= 4 is 28.9 Å². The lowest BCUT2D eigenvalue weighted by molar-refractivity contribution is -0.117.